The number of benzene rings is 2. The van der Waals surface area contributed by atoms with Crippen LogP contribution >= 0.6 is 0 Å². The molecule has 134 valence electrons. The minimum absolute atomic E-state index is 0.159. The Morgan fingerprint density at radius 2 is 1.92 bits per heavy atom. The van der Waals surface area contributed by atoms with E-state index in [4.69, 9.17) is 5.73 Å². The lowest BCUT2D eigenvalue weighted by Gasteiger charge is -2.24. The average Bonchev–Trinajstić information content (AvgIpc) is 2.81. The van der Waals surface area contributed by atoms with Gasteiger partial charge in [0, 0.05) is 5.69 Å². The first-order valence-electron chi connectivity index (χ1n) is 8.58. The molecule has 0 aliphatic carbocycles. The van der Waals surface area contributed by atoms with E-state index in [9.17, 15) is 9.90 Å². The number of amides is 1. The van der Waals surface area contributed by atoms with Crippen LogP contribution in [0.5, 0.6) is 5.75 Å². The van der Waals surface area contributed by atoms with Crippen LogP contribution in [0.25, 0.3) is 6.08 Å². The summed E-state index contributed by atoms with van der Waals surface area (Å²) in [6, 6.07) is 11.0. The fourth-order valence-corrected chi connectivity index (χ4v) is 3.16. The lowest BCUT2D eigenvalue weighted by Crippen LogP contribution is -2.25. The number of rotatable bonds is 3. The normalized spacial score (nSPS) is 15.9. The topological polar surface area (TPSA) is 78.9 Å². The molecule has 2 aromatic rings. The van der Waals surface area contributed by atoms with Crippen molar-refractivity contribution < 1.29 is 9.90 Å². The van der Waals surface area contributed by atoms with Crippen molar-refractivity contribution in [3.8, 4) is 5.75 Å². The highest BCUT2D eigenvalue weighted by Crippen LogP contribution is 2.36. The predicted octanol–water partition coefficient (Wildman–Crippen LogP) is 4.21. The molecule has 3 rings (SSSR count). The maximum atomic E-state index is 12.5. The maximum Gasteiger partial charge on any atom is 0.295 e. The third kappa shape index (κ3) is 3.20. The van der Waals surface area contributed by atoms with Crippen molar-refractivity contribution in [3.63, 3.8) is 0 Å². The number of aliphatic imine (C=N–C) groups is 1. The molecule has 0 unspecified atom stereocenters. The maximum absolute atomic E-state index is 12.5. The highest BCUT2D eigenvalue weighted by Gasteiger charge is 2.30. The third-order valence-corrected chi connectivity index (χ3v) is 4.47. The molecule has 1 aliphatic heterocycles. The first-order chi connectivity index (χ1) is 12.3. The number of phenols is 1. The summed E-state index contributed by atoms with van der Waals surface area (Å²) >= 11 is 0. The van der Waals surface area contributed by atoms with Crippen molar-refractivity contribution in [2.45, 2.75) is 33.6 Å². The van der Waals surface area contributed by atoms with E-state index in [1.807, 2.05) is 49.9 Å². The SMILES string of the molecule is CC1=NC(=O)/C(=C\c2cccc(N)c2)N1c1cc(C(C)C)c(O)cc1C. The molecule has 0 radical (unpaired) electrons. The van der Waals surface area contributed by atoms with Gasteiger partial charge in [-0.05, 0) is 66.8 Å². The molecule has 0 saturated heterocycles. The van der Waals surface area contributed by atoms with Gasteiger partial charge in [0.15, 0.2) is 0 Å². The summed E-state index contributed by atoms with van der Waals surface area (Å²) in [6.45, 7) is 7.76. The third-order valence-electron chi connectivity index (χ3n) is 4.47. The number of nitrogens with zero attached hydrogens (tertiary/aromatic N) is 2. The Morgan fingerprint density at radius 1 is 1.19 bits per heavy atom. The molecule has 26 heavy (non-hydrogen) atoms. The van der Waals surface area contributed by atoms with Crippen molar-refractivity contribution in [1.82, 2.24) is 0 Å². The molecule has 0 atom stereocenters. The van der Waals surface area contributed by atoms with Crippen LogP contribution in [0.1, 0.15) is 43.4 Å². The minimum Gasteiger partial charge on any atom is -0.508 e. The van der Waals surface area contributed by atoms with Crippen LogP contribution < -0.4 is 10.6 Å². The van der Waals surface area contributed by atoms with Crippen molar-refractivity contribution in [3.05, 3.63) is 58.8 Å². The van der Waals surface area contributed by atoms with E-state index in [1.54, 1.807) is 25.1 Å². The van der Waals surface area contributed by atoms with Gasteiger partial charge in [0.25, 0.3) is 5.91 Å². The lowest BCUT2D eigenvalue weighted by molar-refractivity contribution is -0.113. The zero-order chi connectivity index (χ0) is 19.0. The van der Waals surface area contributed by atoms with Gasteiger partial charge in [-0.1, -0.05) is 26.0 Å². The van der Waals surface area contributed by atoms with Crippen LogP contribution in [0.2, 0.25) is 0 Å². The van der Waals surface area contributed by atoms with Gasteiger partial charge < -0.3 is 10.8 Å². The van der Waals surface area contributed by atoms with E-state index in [2.05, 4.69) is 4.99 Å². The zero-order valence-electron chi connectivity index (χ0n) is 15.4. The average molecular weight is 349 g/mol. The molecule has 0 fully saturated rings. The van der Waals surface area contributed by atoms with Crippen molar-refractivity contribution >= 4 is 29.2 Å². The monoisotopic (exact) mass is 349 g/mol. The number of phenolic OH excluding ortho intramolecular Hbond substituents is 1. The number of anilines is 2. The summed E-state index contributed by atoms with van der Waals surface area (Å²) in [5, 5.41) is 10.2. The van der Waals surface area contributed by atoms with Crippen LogP contribution in [0.15, 0.2) is 47.1 Å². The molecule has 1 aliphatic rings. The summed E-state index contributed by atoms with van der Waals surface area (Å²) in [5.41, 5.74) is 10.3. The van der Waals surface area contributed by atoms with Gasteiger partial charge in [0.2, 0.25) is 0 Å². The van der Waals surface area contributed by atoms with E-state index in [0.29, 0.717) is 17.2 Å². The molecular weight excluding hydrogens is 326 g/mol. The molecular formula is C21H23N3O2. The van der Waals surface area contributed by atoms with Gasteiger partial charge in [-0.2, -0.15) is 4.99 Å². The second-order valence-electron chi connectivity index (χ2n) is 6.85. The number of nitrogen functional groups attached to an aromatic ring is 1. The zero-order valence-corrected chi connectivity index (χ0v) is 15.4. The van der Waals surface area contributed by atoms with Gasteiger partial charge in [-0.3, -0.25) is 9.69 Å². The molecule has 5 nitrogen and oxygen atoms in total. The fourth-order valence-electron chi connectivity index (χ4n) is 3.16. The Balaban J connectivity index is 2.14. The Hall–Kier alpha value is -3.08. The van der Waals surface area contributed by atoms with Gasteiger partial charge in [0.05, 0.1) is 5.69 Å². The summed E-state index contributed by atoms with van der Waals surface area (Å²) < 4.78 is 0. The lowest BCUT2D eigenvalue weighted by atomic mass is 9.98. The molecule has 1 amide bonds. The Labute approximate surface area is 153 Å². The quantitative estimate of drug-likeness (QED) is 0.642. The van der Waals surface area contributed by atoms with Gasteiger partial charge >= 0.3 is 0 Å². The van der Waals surface area contributed by atoms with E-state index in [-0.39, 0.29) is 17.6 Å². The van der Waals surface area contributed by atoms with Crippen LogP contribution in [-0.4, -0.2) is 16.8 Å². The second kappa shape index (κ2) is 6.67. The number of hydrogen-bond acceptors (Lipinski definition) is 4. The largest absolute Gasteiger partial charge is 0.508 e. The van der Waals surface area contributed by atoms with Crippen LogP contribution in [-0.2, 0) is 4.79 Å². The van der Waals surface area contributed by atoms with E-state index < -0.39 is 0 Å². The standard InChI is InChI=1S/C21H23N3O2/c1-12(2)17-11-18(13(3)8-20(17)25)24-14(4)23-21(26)19(24)10-15-6-5-7-16(22)9-15/h5-12,25H,22H2,1-4H3/b19-10+. The minimum atomic E-state index is -0.288. The summed E-state index contributed by atoms with van der Waals surface area (Å²) in [6.07, 6.45) is 1.79. The van der Waals surface area contributed by atoms with Crippen molar-refractivity contribution in [1.29, 1.82) is 0 Å². The van der Waals surface area contributed by atoms with Gasteiger partial charge in [-0.15, -0.1) is 0 Å². The smallest absolute Gasteiger partial charge is 0.295 e. The first-order valence-corrected chi connectivity index (χ1v) is 8.58. The Kier molecular flexibility index (Phi) is 4.55. The van der Waals surface area contributed by atoms with Crippen LogP contribution in [0, 0.1) is 6.92 Å². The number of amidine groups is 1. The molecule has 0 bridgehead atoms. The summed E-state index contributed by atoms with van der Waals surface area (Å²) in [4.78, 5) is 18.4. The molecule has 0 spiro atoms. The van der Waals surface area contributed by atoms with E-state index >= 15 is 0 Å². The Bertz CT molecular complexity index is 942. The van der Waals surface area contributed by atoms with E-state index in [0.717, 1.165) is 22.4 Å². The molecule has 1 heterocycles. The van der Waals surface area contributed by atoms with Gasteiger partial charge in [0.1, 0.15) is 17.3 Å². The summed E-state index contributed by atoms with van der Waals surface area (Å²) in [7, 11) is 0. The second-order valence-corrected chi connectivity index (χ2v) is 6.85. The predicted molar refractivity (Wildman–Crippen MR) is 106 cm³/mol. The van der Waals surface area contributed by atoms with E-state index in [1.165, 1.54) is 0 Å². The van der Waals surface area contributed by atoms with Crippen LogP contribution in [0.4, 0.5) is 11.4 Å². The Morgan fingerprint density at radius 3 is 2.58 bits per heavy atom. The highest BCUT2D eigenvalue weighted by atomic mass is 16.3. The van der Waals surface area contributed by atoms with Crippen molar-refractivity contribution in [2.24, 2.45) is 4.99 Å². The number of aromatic hydroxyl groups is 1. The summed E-state index contributed by atoms with van der Waals surface area (Å²) in [5.74, 6) is 0.742. The number of carbonyl (C=O) groups is 1. The first kappa shape index (κ1) is 17.7. The highest BCUT2D eigenvalue weighted by molar-refractivity contribution is 6.22. The number of nitrogens with two attached hydrogens (primary N) is 1. The molecule has 0 aromatic heterocycles. The fraction of sp³-hybridized carbons (Fsp3) is 0.238. The van der Waals surface area contributed by atoms with Crippen LogP contribution in [0.3, 0.4) is 0 Å². The molecule has 5 heteroatoms. The van der Waals surface area contributed by atoms with Crippen molar-refractivity contribution in [2.75, 3.05) is 10.6 Å². The number of aryl methyl sites for hydroxylation is 1. The molecule has 2 aromatic carbocycles. The van der Waals surface area contributed by atoms with Gasteiger partial charge in [-0.25, -0.2) is 0 Å². The number of hydrogen-bond donors (Lipinski definition) is 2. The molecule has 0 saturated carbocycles. The number of carbonyl (C=O) groups excluding carboxylic acids is 1. The molecule has 3 N–H and O–H groups in total.